The monoisotopic (exact) mass is 323 g/mol. The number of benzene rings is 2. The van der Waals surface area contributed by atoms with E-state index in [4.69, 9.17) is 4.84 Å². The fraction of sp³-hybridized carbons (Fsp3) is 0.300. The predicted molar refractivity (Wildman–Crippen MR) is 99.7 cm³/mol. The lowest BCUT2D eigenvalue weighted by molar-refractivity contribution is 0.247. The van der Waals surface area contributed by atoms with Gasteiger partial charge in [0.05, 0.1) is 14.4 Å². The van der Waals surface area contributed by atoms with Crippen LogP contribution >= 0.6 is 8.73 Å². The molecule has 0 bridgehead atoms. The van der Waals surface area contributed by atoms with Crippen LogP contribution in [0.2, 0.25) is 0 Å². The van der Waals surface area contributed by atoms with Gasteiger partial charge in [-0.15, -0.1) is 0 Å². The molecule has 0 amide bonds. The van der Waals surface area contributed by atoms with Gasteiger partial charge in [0.15, 0.2) is 0 Å². The van der Waals surface area contributed by atoms with E-state index >= 15 is 0 Å². The van der Waals surface area contributed by atoms with Crippen LogP contribution in [0.15, 0.2) is 59.6 Å². The molecule has 23 heavy (non-hydrogen) atoms. The first-order valence-electron chi connectivity index (χ1n) is 8.26. The average molecular weight is 323 g/mol. The molecule has 4 rings (SSSR count). The zero-order valence-electron chi connectivity index (χ0n) is 13.7. The standard InChI is InChI=1S/C20H22NOP/c1-13-7-5-11-18-16(13)9-6-12-19(18)21-22-15(3)20(23-21)17-10-4-8-14(17)2/h5-7,9,11-12,17,23H,2,4,8,10H2,1,3H3. The molecule has 0 N–H and O–H groups in total. The Labute approximate surface area is 139 Å². The number of hydrogen-bond donors (Lipinski definition) is 0. The van der Waals surface area contributed by atoms with Crippen molar-refractivity contribution in [3.63, 3.8) is 0 Å². The Morgan fingerprint density at radius 3 is 2.70 bits per heavy atom. The molecule has 2 aromatic rings. The molecule has 0 aromatic heterocycles. The summed E-state index contributed by atoms with van der Waals surface area (Å²) in [6, 6.07) is 13.0. The molecular formula is C20H22NOP. The van der Waals surface area contributed by atoms with E-state index in [1.807, 2.05) is 0 Å². The quantitative estimate of drug-likeness (QED) is 0.490. The minimum absolute atomic E-state index is 0.523. The molecule has 1 aliphatic heterocycles. The summed E-state index contributed by atoms with van der Waals surface area (Å²) in [6.07, 6.45) is 3.65. The molecule has 2 nitrogen and oxygen atoms in total. The van der Waals surface area contributed by atoms with Gasteiger partial charge >= 0.3 is 0 Å². The highest BCUT2D eigenvalue weighted by Crippen LogP contribution is 2.52. The molecular weight excluding hydrogens is 301 g/mol. The highest BCUT2D eigenvalue weighted by Gasteiger charge is 2.32. The Hall–Kier alpha value is -1.79. The van der Waals surface area contributed by atoms with Crippen LogP contribution < -0.4 is 4.83 Å². The van der Waals surface area contributed by atoms with Gasteiger partial charge in [-0.3, -0.25) is 0 Å². The number of allylic oxidation sites excluding steroid dienone is 3. The molecule has 118 valence electrons. The van der Waals surface area contributed by atoms with Crippen LogP contribution in [0.1, 0.15) is 31.7 Å². The van der Waals surface area contributed by atoms with Crippen molar-refractivity contribution >= 4 is 25.2 Å². The number of aryl methyl sites for hydroxylation is 1. The maximum atomic E-state index is 6.15. The van der Waals surface area contributed by atoms with Crippen molar-refractivity contribution in [3.8, 4) is 0 Å². The molecule has 1 saturated carbocycles. The average Bonchev–Trinajstić information content (AvgIpc) is 3.13. The summed E-state index contributed by atoms with van der Waals surface area (Å²) in [6.45, 7) is 8.54. The van der Waals surface area contributed by atoms with E-state index in [0.29, 0.717) is 14.6 Å². The van der Waals surface area contributed by atoms with Crippen molar-refractivity contribution in [1.29, 1.82) is 0 Å². The third kappa shape index (κ3) is 2.46. The van der Waals surface area contributed by atoms with Crippen LogP contribution in [-0.2, 0) is 4.84 Å². The second-order valence-electron chi connectivity index (χ2n) is 6.52. The zero-order valence-corrected chi connectivity index (χ0v) is 14.7. The van der Waals surface area contributed by atoms with Crippen molar-refractivity contribution in [2.45, 2.75) is 33.1 Å². The SMILES string of the molecule is C=C1CCCC1C1=C(C)ON(c2cccc3c(C)cccc23)P1. The van der Waals surface area contributed by atoms with E-state index in [9.17, 15) is 0 Å². The predicted octanol–water partition coefficient (Wildman–Crippen LogP) is 6.08. The summed E-state index contributed by atoms with van der Waals surface area (Å²) in [5.41, 5.74) is 3.86. The Morgan fingerprint density at radius 1 is 1.13 bits per heavy atom. The number of nitrogens with zero attached hydrogens (tertiary/aromatic N) is 1. The van der Waals surface area contributed by atoms with E-state index in [1.165, 1.54) is 52.2 Å². The summed E-state index contributed by atoms with van der Waals surface area (Å²) in [5.74, 6) is 1.59. The highest BCUT2D eigenvalue weighted by atomic mass is 31.1. The lowest BCUT2D eigenvalue weighted by Crippen LogP contribution is -2.07. The second-order valence-corrected chi connectivity index (χ2v) is 7.69. The molecule has 1 heterocycles. The number of hydrogen-bond acceptors (Lipinski definition) is 2. The molecule has 2 aliphatic rings. The maximum Gasteiger partial charge on any atom is 0.135 e. The summed E-state index contributed by atoms with van der Waals surface area (Å²) >= 11 is 0. The molecule has 2 aromatic carbocycles. The lowest BCUT2D eigenvalue weighted by Gasteiger charge is -2.20. The van der Waals surface area contributed by atoms with Crippen LogP contribution in [-0.4, -0.2) is 0 Å². The van der Waals surface area contributed by atoms with E-state index in [1.54, 1.807) is 0 Å². The summed E-state index contributed by atoms with van der Waals surface area (Å²) in [4.78, 5) is 8.23. The van der Waals surface area contributed by atoms with Gasteiger partial charge in [0, 0.05) is 16.6 Å². The minimum Gasteiger partial charge on any atom is -0.381 e. The van der Waals surface area contributed by atoms with Gasteiger partial charge in [0.1, 0.15) is 5.76 Å². The Morgan fingerprint density at radius 2 is 1.91 bits per heavy atom. The number of rotatable bonds is 2. The highest BCUT2D eigenvalue weighted by molar-refractivity contribution is 7.45. The van der Waals surface area contributed by atoms with E-state index < -0.39 is 0 Å². The molecule has 0 saturated heterocycles. The smallest absolute Gasteiger partial charge is 0.135 e. The fourth-order valence-electron chi connectivity index (χ4n) is 3.72. The zero-order chi connectivity index (χ0) is 16.0. The molecule has 1 fully saturated rings. The molecule has 0 radical (unpaired) electrons. The minimum atomic E-state index is 0.523. The van der Waals surface area contributed by atoms with E-state index in [-0.39, 0.29) is 0 Å². The van der Waals surface area contributed by atoms with E-state index in [2.05, 4.69) is 61.7 Å². The Kier molecular flexibility index (Phi) is 3.66. The molecule has 1 aliphatic carbocycles. The fourth-order valence-corrected chi connectivity index (χ4v) is 5.14. The van der Waals surface area contributed by atoms with Crippen molar-refractivity contribution in [1.82, 2.24) is 0 Å². The maximum absolute atomic E-state index is 6.15. The van der Waals surface area contributed by atoms with Crippen LogP contribution in [0.3, 0.4) is 0 Å². The molecule has 2 unspecified atom stereocenters. The third-order valence-electron chi connectivity index (χ3n) is 5.00. The van der Waals surface area contributed by atoms with Gasteiger partial charge in [0.2, 0.25) is 0 Å². The van der Waals surface area contributed by atoms with Crippen molar-refractivity contribution in [2.24, 2.45) is 5.92 Å². The Bertz CT molecular complexity index is 824. The molecule has 0 spiro atoms. The van der Waals surface area contributed by atoms with Crippen molar-refractivity contribution in [2.75, 3.05) is 4.83 Å². The number of anilines is 1. The summed E-state index contributed by atoms with van der Waals surface area (Å²) in [7, 11) is 0.559. The first-order chi connectivity index (χ1) is 11.1. The van der Waals surface area contributed by atoms with Gasteiger partial charge in [-0.25, -0.2) is 0 Å². The van der Waals surface area contributed by atoms with Gasteiger partial charge in [0.25, 0.3) is 0 Å². The first-order valence-corrected chi connectivity index (χ1v) is 9.21. The van der Waals surface area contributed by atoms with Gasteiger partial charge < -0.3 is 4.84 Å². The largest absolute Gasteiger partial charge is 0.381 e. The molecule has 3 heteroatoms. The Balaban J connectivity index is 1.69. The topological polar surface area (TPSA) is 12.5 Å². The lowest BCUT2D eigenvalue weighted by atomic mass is 10.0. The third-order valence-corrected chi connectivity index (χ3v) is 6.47. The van der Waals surface area contributed by atoms with Gasteiger partial charge in [-0.05, 0) is 50.1 Å². The van der Waals surface area contributed by atoms with Crippen molar-refractivity contribution < 1.29 is 4.84 Å². The summed E-state index contributed by atoms with van der Waals surface area (Å²) < 4.78 is 0. The van der Waals surface area contributed by atoms with Crippen LogP contribution in [0.25, 0.3) is 10.8 Å². The van der Waals surface area contributed by atoms with Crippen LogP contribution in [0.5, 0.6) is 0 Å². The van der Waals surface area contributed by atoms with Crippen LogP contribution in [0.4, 0.5) is 5.69 Å². The first kappa shape index (κ1) is 14.8. The molecule has 2 atom stereocenters. The summed E-state index contributed by atoms with van der Waals surface area (Å²) in [5, 5.41) is 4.01. The second kappa shape index (κ2) is 5.69. The van der Waals surface area contributed by atoms with Crippen molar-refractivity contribution in [3.05, 3.63) is 65.2 Å². The van der Waals surface area contributed by atoms with Crippen LogP contribution in [0, 0.1) is 12.8 Å². The van der Waals surface area contributed by atoms with Gasteiger partial charge in [-0.1, -0.05) is 42.5 Å². The number of fused-ring (bicyclic) bond motifs is 1. The normalized spacial score (nSPS) is 22.4. The van der Waals surface area contributed by atoms with E-state index in [0.717, 1.165) is 5.76 Å². The van der Waals surface area contributed by atoms with Gasteiger partial charge in [-0.2, -0.15) is 4.83 Å².